The van der Waals surface area contributed by atoms with Crippen LogP contribution in [-0.4, -0.2) is 24.9 Å². The van der Waals surface area contributed by atoms with Gasteiger partial charge in [-0.05, 0) is 36.2 Å². The van der Waals surface area contributed by atoms with E-state index < -0.39 is 9.05 Å². The molecule has 5 nitrogen and oxygen atoms in total. The van der Waals surface area contributed by atoms with E-state index in [4.69, 9.17) is 10.7 Å². The summed E-state index contributed by atoms with van der Waals surface area (Å²) in [5.74, 6) is 0.614. The summed E-state index contributed by atoms with van der Waals surface area (Å²) < 4.78 is 22.6. The van der Waals surface area contributed by atoms with Gasteiger partial charge in [0.2, 0.25) is 5.95 Å². The van der Waals surface area contributed by atoms with Gasteiger partial charge in [-0.1, -0.05) is 0 Å². The van der Waals surface area contributed by atoms with Crippen LogP contribution in [0, 0.1) is 0 Å². The molecule has 2 heterocycles. The van der Waals surface area contributed by atoms with Gasteiger partial charge in [0.15, 0.2) is 0 Å². The molecule has 3 rings (SSSR count). The summed E-state index contributed by atoms with van der Waals surface area (Å²) in [5, 5.41) is 0. The first-order valence-corrected chi connectivity index (χ1v) is 7.99. The Labute approximate surface area is 115 Å². The second-order valence-corrected chi connectivity index (χ2v) is 6.74. The van der Waals surface area contributed by atoms with Gasteiger partial charge >= 0.3 is 0 Å². The first-order valence-electron chi connectivity index (χ1n) is 5.68. The summed E-state index contributed by atoms with van der Waals surface area (Å²) in [7, 11) is 1.66. The quantitative estimate of drug-likeness (QED) is 0.794. The fourth-order valence-electron chi connectivity index (χ4n) is 2.17. The summed E-state index contributed by atoms with van der Waals surface area (Å²) in [5.41, 5.74) is 1.87. The monoisotopic (exact) mass is 295 g/mol. The molecule has 0 amide bonds. The molecule has 0 N–H and O–H groups in total. The molecule has 0 atom stereocenters. The largest absolute Gasteiger partial charge is 0.310 e. The van der Waals surface area contributed by atoms with Crippen molar-refractivity contribution in [3.05, 3.63) is 42.2 Å². The van der Waals surface area contributed by atoms with Gasteiger partial charge in [-0.3, -0.25) is 0 Å². The fourth-order valence-corrected chi connectivity index (χ4v) is 2.97. The number of aromatic nitrogens is 2. The standard InChI is InChI=1S/C12H10ClN3O2S/c13-19(17,18)10-2-3-11-9(8-10)4-7-16(11)12-14-5-1-6-15-12/h1-3,5-6,8H,4,7H2. The van der Waals surface area contributed by atoms with Crippen molar-refractivity contribution >= 4 is 31.4 Å². The van der Waals surface area contributed by atoms with E-state index in [2.05, 4.69) is 9.97 Å². The minimum absolute atomic E-state index is 0.128. The molecule has 0 saturated heterocycles. The Bertz CT molecular complexity index is 719. The molecule has 7 heteroatoms. The van der Waals surface area contributed by atoms with E-state index in [1.807, 2.05) is 4.90 Å². The highest BCUT2D eigenvalue weighted by Crippen LogP contribution is 2.34. The van der Waals surface area contributed by atoms with Gasteiger partial charge in [-0.25, -0.2) is 18.4 Å². The minimum Gasteiger partial charge on any atom is -0.310 e. The summed E-state index contributed by atoms with van der Waals surface area (Å²) in [4.78, 5) is 10.5. The summed E-state index contributed by atoms with van der Waals surface area (Å²) >= 11 is 0. The number of halogens is 1. The Hall–Kier alpha value is -1.66. The lowest BCUT2D eigenvalue weighted by atomic mass is 10.2. The normalized spacial score (nSPS) is 14.5. The van der Waals surface area contributed by atoms with E-state index >= 15 is 0 Å². The van der Waals surface area contributed by atoms with Crippen LogP contribution < -0.4 is 4.90 Å². The van der Waals surface area contributed by atoms with Gasteiger partial charge < -0.3 is 4.90 Å². The Morgan fingerprint density at radius 2 is 1.95 bits per heavy atom. The molecule has 1 aromatic heterocycles. The third kappa shape index (κ3) is 2.29. The maximum absolute atomic E-state index is 11.3. The van der Waals surface area contributed by atoms with Crippen molar-refractivity contribution in [2.75, 3.05) is 11.4 Å². The van der Waals surface area contributed by atoms with Gasteiger partial charge in [0.1, 0.15) is 0 Å². The lowest BCUT2D eigenvalue weighted by Crippen LogP contribution is -2.15. The van der Waals surface area contributed by atoms with Crippen molar-refractivity contribution in [3.8, 4) is 0 Å². The van der Waals surface area contributed by atoms with Crippen LogP contribution in [0.3, 0.4) is 0 Å². The second kappa shape index (κ2) is 4.47. The average Bonchev–Trinajstić information content (AvgIpc) is 2.81. The highest BCUT2D eigenvalue weighted by molar-refractivity contribution is 8.13. The molecule has 98 valence electrons. The van der Waals surface area contributed by atoms with Crippen LogP contribution in [0.5, 0.6) is 0 Å². The Balaban J connectivity index is 2.03. The van der Waals surface area contributed by atoms with Crippen LogP contribution in [0.15, 0.2) is 41.6 Å². The molecule has 0 unspecified atom stereocenters. The molecule has 0 fully saturated rings. The molecule has 1 aromatic carbocycles. The van der Waals surface area contributed by atoms with Gasteiger partial charge in [0.05, 0.1) is 4.90 Å². The zero-order chi connectivity index (χ0) is 13.5. The van der Waals surface area contributed by atoms with E-state index in [9.17, 15) is 8.42 Å². The number of fused-ring (bicyclic) bond motifs is 1. The Kier molecular flexibility index (Phi) is 2.91. The molecule has 0 radical (unpaired) electrons. The number of nitrogens with zero attached hydrogens (tertiary/aromatic N) is 3. The van der Waals surface area contributed by atoms with E-state index in [1.54, 1.807) is 30.6 Å². The summed E-state index contributed by atoms with van der Waals surface area (Å²) in [6.07, 6.45) is 4.10. The maximum Gasteiger partial charge on any atom is 0.261 e. The molecular formula is C12H10ClN3O2S. The Morgan fingerprint density at radius 1 is 1.21 bits per heavy atom. The highest BCUT2D eigenvalue weighted by Gasteiger charge is 2.24. The average molecular weight is 296 g/mol. The van der Waals surface area contributed by atoms with E-state index in [0.29, 0.717) is 5.95 Å². The van der Waals surface area contributed by atoms with Crippen LogP contribution >= 0.6 is 10.7 Å². The second-order valence-electron chi connectivity index (χ2n) is 4.18. The summed E-state index contributed by atoms with van der Waals surface area (Å²) in [6, 6.07) is 6.61. The van der Waals surface area contributed by atoms with E-state index in [1.165, 1.54) is 6.07 Å². The Morgan fingerprint density at radius 3 is 2.63 bits per heavy atom. The molecule has 19 heavy (non-hydrogen) atoms. The van der Waals surface area contributed by atoms with Crippen LogP contribution in [0.2, 0.25) is 0 Å². The van der Waals surface area contributed by atoms with Gasteiger partial charge in [-0.15, -0.1) is 0 Å². The van der Waals surface area contributed by atoms with Crippen molar-refractivity contribution in [2.24, 2.45) is 0 Å². The number of rotatable bonds is 2. The number of hydrogen-bond donors (Lipinski definition) is 0. The lowest BCUT2D eigenvalue weighted by molar-refractivity contribution is 0.609. The zero-order valence-electron chi connectivity index (χ0n) is 9.82. The smallest absolute Gasteiger partial charge is 0.261 e. The molecule has 0 bridgehead atoms. The zero-order valence-corrected chi connectivity index (χ0v) is 11.4. The lowest BCUT2D eigenvalue weighted by Gasteiger charge is -2.16. The topological polar surface area (TPSA) is 63.2 Å². The van der Waals surface area contributed by atoms with Crippen molar-refractivity contribution in [1.29, 1.82) is 0 Å². The molecule has 2 aromatic rings. The van der Waals surface area contributed by atoms with Crippen molar-refractivity contribution in [2.45, 2.75) is 11.3 Å². The molecule has 0 saturated carbocycles. The fraction of sp³-hybridized carbons (Fsp3) is 0.167. The molecule has 0 aliphatic carbocycles. The van der Waals surface area contributed by atoms with E-state index in [-0.39, 0.29) is 4.90 Å². The first-order chi connectivity index (χ1) is 9.05. The van der Waals surface area contributed by atoms with E-state index in [0.717, 1.165) is 24.2 Å². The first kappa shape index (κ1) is 12.4. The van der Waals surface area contributed by atoms with Crippen LogP contribution in [-0.2, 0) is 15.5 Å². The van der Waals surface area contributed by atoms with Gasteiger partial charge in [0, 0.05) is 35.3 Å². The van der Waals surface area contributed by atoms with Crippen LogP contribution in [0.1, 0.15) is 5.56 Å². The predicted molar refractivity (Wildman–Crippen MR) is 72.2 cm³/mol. The van der Waals surface area contributed by atoms with Crippen molar-refractivity contribution < 1.29 is 8.42 Å². The SMILES string of the molecule is O=S(=O)(Cl)c1ccc2c(c1)CCN2c1ncccn1. The minimum atomic E-state index is -3.68. The highest BCUT2D eigenvalue weighted by atomic mass is 35.7. The number of hydrogen-bond acceptors (Lipinski definition) is 5. The van der Waals surface area contributed by atoms with Crippen LogP contribution in [0.25, 0.3) is 0 Å². The third-order valence-corrected chi connectivity index (χ3v) is 4.37. The molecular weight excluding hydrogens is 286 g/mol. The van der Waals surface area contributed by atoms with Crippen molar-refractivity contribution in [3.63, 3.8) is 0 Å². The predicted octanol–water partition coefficient (Wildman–Crippen LogP) is 2.10. The number of anilines is 2. The van der Waals surface area contributed by atoms with Crippen LogP contribution in [0.4, 0.5) is 11.6 Å². The van der Waals surface area contributed by atoms with Crippen molar-refractivity contribution in [1.82, 2.24) is 9.97 Å². The third-order valence-electron chi connectivity index (χ3n) is 3.02. The molecule has 1 aliphatic heterocycles. The molecule has 1 aliphatic rings. The summed E-state index contributed by atoms with van der Waals surface area (Å²) in [6.45, 7) is 0.727. The van der Waals surface area contributed by atoms with Gasteiger partial charge in [0.25, 0.3) is 9.05 Å². The maximum atomic E-state index is 11.3. The molecule has 0 spiro atoms. The van der Waals surface area contributed by atoms with Gasteiger partial charge in [-0.2, -0.15) is 0 Å². The number of benzene rings is 1.